The normalized spacial score (nSPS) is 32.7. The number of nitrogens with zero attached hydrogens (tertiary/aromatic N) is 2. The summed E-state index contributed by atoms with van der Waals surface area (Å²) in [4.78, 5) is 13.9. The van der Waals surface area contributed by atoms with Crippen LogP contribution in [0.3, 0.4) is 0 Å². The number of hydrogen-bond acceptors (Lipinski definition) is 4. The van der Waals surface area contributed by atoms with Crippen molar-refractivity contribution in [3.63, 3.8) is 0 Å². The molecule has 0 aliphatic carbocycles. The van der Waals surface area contributed by atoms with Crippen LogP contribution in [0.4, 0.5) is 0 Å². The Kier molecular flexibility index (Phi) is 3.13. The minimum absolute atomic E-state index is 0.0256. The van der Waals surface area contributed by atoms with E-state index < -0.39 is 0 Å². The van der Waals surface area contributed by atoms with E-state index in [2.05, 4.69) is 25.2 Å². The molecule has 2 atom stereocenters. The third-order valence-corrected chi connectivity index (χ3v) is 4.46. The quantitative estimate of drug-likeness (QED) is 0.740. The van der Waals surface area contributed by atoms with Gasteiger partial charge in [-0.3, -0.25) is 10.1 Å². The fraction of sp³-hybridized carbons (Fsp3) is 0.818. The Morgan fingerprint density at radius 1 is 1.62 bits per heavy atom. The van der Waals surface area contributed by atoms with E-state index in [9.17, 15) is 4.79 Å². The molecule has 5 heteroatoms. The molecule has 0 unspecified atom stereocenters. The first kappa shape index (κ1) is 11.7. The van der Waals surface area contributed by atoms with E-state index in [4.69, 9.17) is 5.26 Å². The van der Waals surface area contributed by atoms with Crippen LogP contribution in [0.1, 0.15) is 26.7 Å². The fourth-order valence-corrected chi connectivity index (χ4v) is 3.33. The van der Waals surface area contributed by atoms with Crippen molar-refractivity contribution in [3.05, 3.63) is 0 Å². The zero-order chi connectivity index (χ0) is 11.8. The first-order chi connectivity index (χ1) is 7.53. The standard InChI is InChI=1S/C11H17N3OS/c1-11(2)13-9(7-16-11)10(15)14-5-3-4-8(14)6-12/h8-9,13H,3-5,7H2,1-2H3/t8-,9-/m0/s1. The fourth-order valence-electron chi connectivity index (χ4n) is 2.29. The van der Waals surface area contributed by atoms with Gasteiger partial charge in [0.2, 0.25) is 5.91 Å². The molecular weight excluding hydrogens is 222 g/mol. The summed E-state index contributed by atoms with van der Waals surface area (Å²) in [7, 11) is 0. The third-order valence-electron chi connectivity index (χ3n) is 3.12. The Morgan fingerprint density at radius 3 is 2.94 bits per heavy atom. The number of nitriles is 1. The van der Waals surface area contributed by atoms with Crippen LogP contribution in [0.5, 0.6) is 0 Å². The second kappa shape index (κ2) is 4.27. The van der Waals surface area contributed by atoms with E-state index >= 15 is 0 Å². The highest BCUT2D eigenvalue weighted by Gasteiger charge is 2.39. The first-order valence-electron chi connectivity index (χ1n) is 5.65. The number of carbonyl (C=O) groups excluding carboxylic acids is 1. The molecule has 0 aromatic heterocycles. The predicted octanol–water partition coefficient (Wildman–Crippen LogP) is 0.942. The van der Waals surface area contributed by atoms with Crippen molar-refractivity contribution in [2.24, 2.45) is 0 Å². The van der Waals surface area contributed by atoms with Crippen LogP contribution in [0.15, 0.2) is 0 Å². The third kappa shape index (κ3) is 2.18. The van der Waals surface area contributed by atoms with E-state index in [1.54, 1.807) is 16.7 Å². The molecule has 1 amide bonds. The topological polar surface area (TPSA) is 56.1 Å². The van der Waals surface area contributed by atoms with Crippen LogP contribution < -0.4 is 5.32 Å². The molecule has 2 heterocycles. The lowest BCUT2D eigenvalue weighted by Gasteiger charge is -2.24. The Hall–Kier alpha value is -0.730. The van der Waals surface area contributed by atoms with Gasteiger partial charge < -0.3 is 4.90 Å². The molecule has 16 heavy (non-hydrogen) atoms. The number of rotatable bonds is 1. The van der Waals surface area contributed by atoms with Crippen LogP contribution in [0.2, 0.25) is 0 Å². The summed E-state index contributed by atoms with van der Waals surface area (Å²) in [5, 5.41) is 12.3. The highest BCUT2D eigenvalue weighted by molar-refractivity contribution is 8.00. The highest BCUT2D eigenvalue weighted by Crippen LogP contribution is 2.30. The molecule has 4 nitrogen and oxygen atoms in total. The summed E-state index contributed by atoms with van der Waals surface area (Å²) in [6, 6.07) is 1.89. The average Bonchev–Trinajstić information content (AvgIpc) is 2.82. The van der Waals surface area contributed by atoms with Crippen LogP contribution in [-0.2, 0) is 4.79 Å². The number of thioether (sulfide) groups is 1. The molecule has 2 fully saturated rings. The average molecular weight is 239 g/mol. The minimum Gasteiger partial charge on any atom is -0.325 e. The Labute approximate surface area is 100 Å². The van der Waals surface area contributed by atoms with Gasteiger partial charge in [0.15, 0.2) is 0 Å². The maximum atomic E-state index is 12.2. The van der Waals surface area contributed by atoms with E-state index in [-0.39, 0.29) is 22.9 Å². The SMILES string of the molecule is CC1(C)N[C@H](C(=O)N2CCC[C@H]2C#N)CS1. The monoisotopic (exact) mass is 239 g/mol. The first-order valence-corrected chi connectivity index (χ1v) is 6.64. The van der Waals surface area contributed by atoms with Crippen LogP contribution >= 0.6 is 11.8 Å². The minimum atomic E-state index is -0.206. The summed E-state index contributed by atoms with van der Waals surface area (Å²) in [6.07, 6.45) is 1.78. The van der Waals surface area contributed by atoms with Crippen molar-refractivity contribution in [2.45, 2.75) is 43.6 Å². The van der Waals surface area contributed by atoms with Gasteiger partial charge in [0, 0.05) is 12.3 Å². The molecule has 2 rings (SSSR count). The predicted molar refractivity (Wildman–Crippen MR) is 63.8 cm³/mol. The van der Waals surface area contributed by atoms with Gasteiger partial charge in [-0.25, -0.2) is 0 Å². The van der Waals surface area contributed by atoms with Crippen molar-refractivity contribution in [1.29, 1.82) is 5.26 Å². The number of nitrogens with one attached hydrogen (secondary N) is 1. The molecule has 1 N–H and O–H groups in total. The van der Waals surface area contributed by atoms with Gasteiger partial charge in [-0.15, -0.1) is 11.8 Å². The van der Waals surface area contributed by atoms with Crippen LogP contribution in [0.25, 0.3) is 0 Å². The zero-order valence-corrected chi connectivity index (χ0v) is 10.5. The zero-order valence-electron chi connectivity index (χ0n) is 9.69. The van der Waals surface area contributed by atoms with Gasteiger partial charge >= 0.3 is 0 Å². The maximum absolute atomic E-state index is 12.2. The van der Waals surface area contributed by atoms with Crippen molar-refractivity contribution in [3.8, 4) is 6.07 Å². The lowest BCUT2D eigenvalue weighted by atomic mass is 10.2. The summed E-state index contributed by atoms with van der Waals surface area (Å²) in [6.45, 7) is 4.90. The number of amides is 1. The Bertz CT molecular complexity index is 337. The van der Waals surface area contributed by atoms with Gasteiger partial charge in [-0.1, -0.05) is 0 Å². The molecule has 2 aliphatic rings. The van der Waals surface area contributed by atoms with Crippen LogP contribution in [0, 0.1) is 11.3 Å². The molecule has 0 bridgehead atoms. The van der Waals surface area contributed by atoms with Crippen molar-refractivity contribution in [2.75, 3.05) is 12.3 Å². The van der Waals surface area contributed by atoms with E-state index in [1.807, 2.05) is 0 Å². The van der Waals surface area contributed by atoms with Gasteiger partial charge in [0.25, 0.3) is 0 Å². The smallest absolute Gasteiger partial charge is 0.241 e. The Morgan fingerprint density at radius 2 is 2.38 bits per heavy atom. The second-order valence-corrected chi connectivity index (χ2v) is 6.48. The lowest BCUT2D eigenvalue weighted by Crippen LogP contribution is -2.49. The molecule has 2 saturated heterocycles. The lowest BCUT2D eigenvalue weighted by molar-refractivity contribution is -0.132. The molecular formula is C11H17N3OS. The van der Waals surface area contributed by atoms with E-state index in [1.165, 1.54) is 0 Å². The Balaban J connectivity index is 2.01. The summed E-state index contributed by atoms with van der Waals surface area (Å²) in [5.41, 5.74) is 0. The summed E-state index contributed by atoms with van der Waals surface area (Å²) in [5.74, 6) is 0.905. The molecule has 0 aromatic carbocycles. The highest BCUT2D eigenvalue weighted by atomic mass is 32.2. The van der Waals surface area contributed by atoms with E-state index in [0.29, 0.717) is 0 Å². The number of carbonyl (C=O) groups is 1. The maximum Gasteiger partial charge on any atom is 0.241 e. The largest absolute Gasteiger partial charge is 0.325 e. The molecule has 0 spiro atoms. The second-order valence-electron chi connectivity index (χ2n) is 4.84. The van der Waals surface area contributed by atoms with Gasteiger partial charge in [-0.2, -0.15) is 5.26 Å². The molecule has 88 valence electrons. The molecule has 0 aromatic rings. The molecule has 2 aliphatic heterocycles. The number of hydrogen-bond donors (Lipinski definition) is 1. The molecule has 0 radical (unpaired) electrons. The van der Waals surface area contributed by atoms with Crippen molar-refractivity contribution in [1.82, 2.24) is 10.2 Å². The van der Waals surface area contributed by atoms with Crippen molar-refractivity contribution >= 4 is 17.7 Å². The van der Waals surface area contributed by atoms with Crippen LogP contribution in [-0.4, -0.2) is 40.1 Å². The van der Waals surface area contributed by atoms with E-state index in [0.717, 1.165) is 25.1 Å². The van der Waals surface area contributed by atoms with Gasteiger partial charge in [0.1, 0.15) is 6.04 Å². The van der Waals surface area contributed by atoms with Gasteiger partial charge in [0.05, 0.1) is 17.0 Å². The summed E-state index contributed by atoms with van der Waals surface area (Å²) >= 11 is 1.76. The summed E-state index contributed by atoms with van der Waals surface area (Å²) < 4.78 is 0. The molecule has 0 saturated carbocycles. The number of likely N-dealkylation sites (tertiary alicyclic amines) is 1. The van der Waals surface area contributed by atoms with Crippen molar-refractivity contribution < 1.29 is 4.79 Å². The van der Waals surface area contributed by atoms with Gasteiger partial charge in [-0.05, 0) is 26.7 Å².